The first-order valence-electron chi connectivity index (χ1n) is 5.83. The summed E-state index contributed by atoms with van der Waals surface area (Å²) in [7, 11) is 0. The summed E-state index contributed by atoms with van der Waals surface area (Å²) in [5.74, 6) is 0. The van der Waals surface area contributed by atoms with E-state index in [9.17, 15) is 0 Å². The van der Waals surface area contributed by atoms with Crippen LogP contribution < -0.4 is 10.6 Å². The van der Waals surface area contributed by atoms with Gasteiger partial charge >= 0.3 is 0 Å². The molecule has 2 aliphatic rings. The topological polar surface area (TPSA) is 24.1 Å². The summed E-state index contributed by atoms with van der Waals surface area (Å²) in [5, 5.41) is 7.35. The van der Waals surface area contributed by atoms with Crippen LogP contribution in [0.15, 0.2) is 0 Å². The zero-order valence-corrected chi connectivity index (χ0v) is 8.73. The number of hydrogen-bond donors (Lipinski definition) is 2. The van der Waals surface area contributed by atoms with Crippen molar-refractivity contribution in [3.63, 3.8) is 0 Å². The van der Waals surface area contributed by atoms with Gasteiger partial charge in [0.2, 0.25) is 0 Å². The minimum atomic E-state index is 0.440. The van der Waals surface area contributed by atoms with Gasteiger partial charge in [-0.3, -0.25) is 0 Å². The van der Waals surface area contributed by atoms with E-state index in [-0.39, 0.29) is 0 Å². The SMILES string of the molecule is CCC1(CNC2CCC2)CCCN1. The molecule has 2 rings (SSSR count). The fraction of sp³-hybridized carbons (Fsp3) is 1.00. The highest BCUT2D eigenvalue weighted by molar-refractivity contribution is 4.95. The molecular weight excluding hydrogens is 160 g/mol. The smallest absolute Gasteiger partial charge is 0.0304 e. The van der Waals surface area contributed by atoms with Crippen molar-refractivity contribution >= 4 is 0 Å². The summed E-state index contributed by atoms with van der Waals surface area (Å²) >= 11 is 0. The Kier molecular flexibility index (Phi) is 2.89. The van der Waals surface area contributed by atoms with Crippen LogP contribution in [0.2, 0.25) is 0 Å². The molecule has 1 aliphatic carbocycles. The van der Waals surface area contributed by atoms with Crippen LogP contribution in [0.3, 0.4) is 0 Å². The van der Waals surface area contributed by atoms with Crippen LogP contribution in [0.4, 0.5) is 0 Å². The second-order valence-corrected chi connectivity index (χ2v) is 4.67. The van der Waals surface area contributed by atoms with Crippen LogP contribution in [-0.4, -0.2) is 24.7 Å². The van der Waals surface area contributed by atoms with Crippen molar-refractivity contribution in [3.05, 3.63) is 0 Å². The Balaban J connectivity index is 1.75. The highest BCUT2D eigenvalue weighted by Crippen LogP contribution is 2.24. The van der Waals surface area contributed by atoms with Gasteiger partial charge < -0.3 is 10.6 Å². The van der Waals surface area contributed by atoms with Crippen molar-refractivity contribution < 1.29 is 0 Å². The third kappa shape index (κ3) is 2.05. The molecule has 2 fully saturated rings. The highest BCUT2D eigenvalue weighted by atomic mass is 15.1. The van der Waals surface area contributed by atoms with Crippen molar-refractivity contribution in [1.82, 2.24) is 10.6 Å². The monoisotopic (exact) mass is 182 g/mol. The van der Waals surface area contributed by atoms with Crippen molar-refractivity contribution in [3.8, 4) is 0 Å². The molecule has 1 unspecified atom stereocenters. The molecule has 0 aromatic carbocycles. The minimum Gasteiger partial charge on any atom is -0.312 e. The summed E-state index contributed by atoms with van der Waals surface area (Å²) in [5.41, 5.74) is 0.440. The Hall–Kier alpha value is -0.0800. The lowest BCUT2D eigenvalue weighted by Crippen LogP contribution is -2.51. The molecule has 1 aliphatic heterocycles. The van der Waals surface area contributed by atoms with Gasteiger partial charge in [0.15, 0.2) is 0 Å². The first-order chi connectivity index (χ1) is 6.35. The predicted molar refractivity (Wildman–Crippen MR) is 55.9 cm³/mol. The quantitative estimate of drug-likeness (QED) is 0.691. The van der Waals surface area contributed by atoms with Gasteiger partial charge in [-0.05, 0) is 38.6 Å². The maximum atomic E-state index is 3.69. The van der Waals surface area contributed by atoms with E-state index in [1.807, 2.05) is 0 Å². The summed E-state index contributed by atoms with van der Waals surface area (Å²) in [4.78, 5) is 0. The Morgan fingerprint density at radius 3 is 2.69 bits per heavy atom. The van der Waals surface area contributed by atoms with Gasteiger partial charge in [-0.15, -0.1) is 0 Å². The summed E-state index contributed by atoms with van der Waals surface area (Å²) in [6.45, 7) is 4.72. The number of rotatable bonds is 4. The van der Waals surface area contributed by atoms with Gasteiger partial charge in [-0.25, -0.2) is 0 Å². The molecule has 1 saturated heterocycles. The van der Waals surface area contributed by atoms with E-state index in [0.29, 0.717) is 5.54 Å². The first-order valence-corrected chi connectivity index (χ1v) is 5.83. The average molecular weight is 182 g/mol. The molecule has 0 aromatic rings. The zero-order chi connectivity index (χ0) is 9.15. The summed E-state index contributed by atoms with van der Waals surface area (Å²) < 4.78 is 0. The van der Waals surface area contributed by atoms with Gasteiger partial charge in [0.05, 0.1) is 0 Å². The summed E-state index contributed by atoms with van der Waals surface area (Å²) in [6.07, 6.45) is 8.24. The third-order valence-corrected chi connectivity index (χ3v) is 3.84. The molecule has 1 heterocycles. The molecule has 2 N–H and O–H groups in total. The normalized spacial score (nSPS) is 34.8. The fourth-order valence-corrected chi connectivity index (χ4v) is 2.40. The van der Waals surface area contributed by atoms with E-state index in [4.69, 9.17) is 0 Å². The average Bonchev–Trinajstić information content (AvgIpc) is 2.51. The standard InChI is InChI=1S/C11H22N2/c1-2-11(7-4-8-13-11)9-12-10-5-3-6-10/h10,12-13H,2-9H2,1H3. The molecular formula is C11H22N2. The molecule has 13 heavy (non-hydrogen) atoms. The van der Waals surface area contributed by atoms with E-state index in [1.165, 1.54) is 51.6 Å². The van der Waals surface area contributed by atoms with Crippen molar-refractivity contribution in [2.75, 3.05) is 13.1 Å². The second kappa shape index (κ2) is 3.97. The Labute approximate surface area is 81.5 Å². The largest absolute Gasteiger partial charge is 0.312 e. The van der Waals surface area contributed by atoms with Crippen LogP contribution in [0.25, 0.3) is 0 Å². The van der Waals surface area contributed by atoms with Crippen LogP contribution in [0.1, 0.15) is 45.4 Å². The Bertz CT molecular complexity index is 157. The van der Waals surface area contributed by atoms with E-state index in [0.717, 1.165) is 6.04 Å². The van der Waals surface area contributed by atoms with Crippen LogP contribution in [-0.2, 0) is 0 Å². The molecule has 1 atom stereocenters. The minimum absolute atomic E-state index is 0.440. The molecule has 0 spiro atoms. The molecule has 2 heteroatoms. The maximum Gasteiger partial charge on any atom is 0.0304 e. The van der Waals surface area contributed by atoms with E-state index >= 15 is 0 Å². The molecule has 0 bridgehead atoms. The lowest BCUT2D eigenvalue weighted by Gasteiger charge is -2.34. The molecule has 1 saturated carbocycles. The van der Waals surface area contributed by atoms with Gasteiger partial charge in [-0.1, -0.05) is 13.3 Å². The van der Waals surface area contributed by atoms with E-state index in [1.54, 1.807) is 0 Å². The molecule has 0 radical (unpaired) electrons. The van der Waals surface area contributed by atoms with Gasteiger partial charge in [0.1, 0.15) is 0 Å². The molecule has 0 amide bonds. The van der Waals surface area contributed by atoms with Gasteiger partial charge in [0, 0.05) is 18.1 Å². The van der Waals surface area contributed by atoms with E-state index in [2.05, 4.69) is 17.6 Å². The highest BCUT2D eigenvalue weighted by Gasteiger charge is 2.32. The number of nitrogens with one attached hydrogen (secondary N) is 2. The van der Waals surface area contributed by atoms with Crippen LogP contribution in [0.5, 0.6) is 0 Å². The van der Waals surface area contributed by atoms with Gasteiger partial charge in [0.25, 0.3) is 0 Å². The van der Waals surface area contributed by atoms with E-state index < -0.39 is 0 Å². The second-order valence-electron chi connectivity index (χ2n) is 4.67. The Morgan fingerprint density at radius 2 is 2.23 bits per heavy atom. The third-order valence-electron chi connectivity index (χ3n) is 3.84. The lowest BCUT2D eigenvalue weighted by molar-refractivity contribution is 0.273. The number of hydrogen-bond acceptors (Lipinski definition) is 2. The van der Waals surface area contributed by atoms with Crippen molar-refractivity contribution in [2.24, 2.45) is 0 Å². The summed E-state index contributed by atoms with van der Waals surface area (Å²) in [6, 6.07) is 0.839. The van der Waals surface area contributed by atoms with Crippen LogP contribution in [0, 0.1) is 0 Å². The van der Waals surface area contributed by atoms with Crippen LogP contribution >= 0.6 is 0 Å². The maximum absolute atomic E-state index is 3.69. The molecule has 2 nitrogen and oxygen atoms in total. The molecule has 76 valence electrons. The Morgan fingerprint density at radius 1 is 1.38 bits per heavy atom. The predicted octanol–water partition coefficient (Wildman–Crippen LogP) is 1.66. The van der Waals surface area contributed by atoms with Gasteiger partial charge in [-0.2, -0.15) is 0 Å². The van der Waals surface area contributed by atoms with Crippen molar-refractivity contribution in [2.45, 2.75) is 57.0 Å². The lowest BCUT2D eigenvalue weighted by atomic mass is 9.90. The fourth-order valence-electron chi connectivity index (χ4n) is 2.40. The zero-order valence-electron chi connectivity index (χ0n) is 8.73. The first kappa shape index (κ1) is 9.47. The van der Waals surface area contributed by atoms with Crippen molar-refractivity contribution in [1.29, 1.82) is 0 Å². The molecule has 0 aromatic heterocycles.